The fourth-order valence-electron chi connectivity index (χ4n) is 3.42. The van der Waals surface area contributed by atoms with Crippen molar-refractivity contribution in [3.05, 3.63) is 48.0 Å². The lowest BCUT2D eigenvalue weighted by atomic mass is 10.1. The van der Waals surface area contributed by atoms with Crippen LogP contribution in [-0.2, 0) is 14.8 Å². The van der Waals surface area contributed by atoms with E-state index in [9.17, 15) is 18.0 Å². The van der Waals surface area contributed by atoms with Crippen molar-refractivity contribution in [2.75, 3.05) is 26.1 Å². The van der Waals surface area contributed by atoms with Crippen LogP contribution in [0.3, 0.4) is 0 Å². The van der Waals surface area contributed by atoms with Crippen molar-refractivity contribution in [3.8, 4) is 11.5 Å². The lowest BCUT2D eigenvalue weighted by Gasteiger charge is -2.24. The predicted octanol–water partition coefficient (Wildman–Crippen LogP) is 2.70. The van der Waals surface area contributed by atoms with Gasteiger partial charge in [-0.3, -0.25) is 9.59 Å². The first-order valence-corrected chi connectivity index (χ1v) is 10.9. The van der Waals surface area contributed by atoms with Gasteiger partial charge >= 0.3 is 0 Å². The zero-order valence-corrected chi connectivity index (χ0v) is 17.9. The summed E-state index contributed by atoms with van der Waals surface area (Å²) >= 11 is 0. The first kappa shape index (κ1) is 21.8. The smallest absolute Gasteiger partial charge is 0.243 e. The number of nitrogens with zero attached hydrogens (tertiary/aromatic N) is 1. The van der Waals surface area contributed by atoms with Gasteiger partial charge in [-0.15, -0.1) is 0 Å². The van der Waals surface area contributed by atoms with Gasteiger partial charge in [0, 0.05) is 23.9 Å². The third-order valence-corrected chi connectivity index (χ3v) is 6.93. The van der Waals surface area contributed by atoms with Gasteiger partial charge in [-0.25, -0.2) is 8.42 Å². The van der Waals surface area contributed by atoms with Crippen LogP contribution in [0.15, 0.2) is 47.4 Å². The van der Waals surface area contributed by atoms with Gasteiger partial charge in [0.2, 0.25) is 15.9 Å². The lowest BCUT2D eigenvalue weighted by Crippen LogP contribution is -2.43. The Bertz CT molecular complexity index is 1050. The van der Waals surface area contributed by atoms with Gasteiger partial charge in [-0.1, -0.05) is 0 Å². The Morgan fingerprint density at radius 3 is 2.30 bits per heavy atom. The standard InChI is InChI=1S/C21H24N2O6S/c1-14(24)15-6-8-16(9-7-15)22-21(25)18-5-4-12-23(18)30(26,27)17-10-11-19(28-2)20(13-17)29-3/h6-11,13,18H,4-5,12H2,1-3H3,(H,22,25). The zero-order chi connectivity index (χ0) is 21.9. The number of sulfonamides is 1. The molecule has 8 nitrogen and oxygen atoms in total. The van der Waals surface area contributed by atoms with Crippen molar-refractivity contribution in [2.45, 2.75) is 30.7 Å². The number of benzene rings is 2. The fourth-order valence-corrected chi connectivity index (χ4v) is 5.09. The van der Waals surface area contributed by atoms with Crippen molar-refractivity contribution in [1.82, 2.24) is 4.31 Å². The van der Waals surface area contributed by atoms with Gasteiger partial charge in [0.05, 0.1) is 19.1 Å². The number of hydrogen-bond acceptors (Lipinski definition) is 6. The van der Waals surface area contributed by atoms with Crippen molar-refractivity contribution < 1.29 is 27.5 Å². The summed E-state index contributed by atoms with van der Waals surface area (Å²) in [5.41, 5.74) is 1.03. The highest BCUT2D eigenvalue weighted by atomic mass is 32.2. The Hall–Kier alpha value is -2.91. The number of ketones is 1. The molecular formula is C21H24N2O6S. The highest BCUT2D eigenvalue weighted by Gasteiger charge is 2.39. The molecule has 1 amide bonds. The molecular weight excluding hydrogens is 408 g/mol. The van der Waals surface area contributed by atoms with E-state index in [1.165, 1.54) is 43.6 Å². The molecule has 0 aliphatic carbocycles. The van der Waals surface area contributed by atoms with E-state index in [0.29, 0.717) is 35.6 Å². The zero-order valence-electron chi connectivity index (χ0n) is 17.0. The number of carbonyl (C=O) groups is 2. The molecule has 1 atom stereocenters. The van der Waals surface area contributed by atoms with Crippen molar-refractivity contribution in [2.24, 2.45) is 0 Å². The minimum atomic E-state index is -3.91. The number of nitrogens with one attached hydrogen (secondary N) is 1. The maximum absolute atomic E-state index is 13.2. The van der Waals surface area contributed by atoms with E-state index < -0.39 is 22.0 Å². The second-order valence-electron chi connectivity index (χ2n) is 6.91. The molecule has 0 bridgehead atoms. The number of anilines is 1. The normalized spacial score (nSPS) is 16.8. The highest BCUT2D eigenvalue weighted by molar-refractivity contribution is 7.89. The maximum Gasteiger partial charge on any atom is 0.243 e. The molecule has 1 aliphatic heterocycles. The molecule has 1 fully saturated rings. The predicted molar refractivity (Wildman–Crippen MR) is 112 cm³/mol. The summed E-state index contributed by atoms with van der Waals surface area (Å²) in [4.78, 5) is 24.2. The Morgan fingerprint density at radius 1 is 1.03 bits per heavy atom. The molecule has 0 radical (unpaired) electrons. The second kappa shape index (κ2) is 8.85. The molecule has 1 aliphatic rings. The molecule has 0 aromatic heterocycles. The number of rotatable bonds is 7. The first-order chi connectivity index (χ1) is 14.3. The number of ether oxygens (including phenoxy) is 2. The molecule has 0 saturated carbocycles. The Kier molecular flexibility index (Phi) is 6.42. The molecule has 0 spiro atoms. The second-order valence-corrected chi connectivity index (χ2v) is 8.80. The molecule has 1 N–H and O–H groups in total. The monoisotopic (exact) mass is 432 g/mol. The van der Waals surface area contributed by atoms with Crippen LogP contribution in [0.25, 0.3) is 0 Å². The fraction of sp³-hybridized carbons (Fsp3) is 0.333. The van der Waals surface area contributed by atoms with E-state index >= 15 is 0 Å². The van der Waals surface area contributed by atoms with Gasteiger partial charge in [-0.2, -0.15) is 4.31 Å². The number of hydrogen-bond donors (Lipinski definition) is 1. The minimum absolute atomic E-state index is 0.0330. The van der Waals surface area contributed by atoms with Gasteiger partial charge in [0.25, 0.3) is 0 Å². The average molecular weight is 432 g/mol. The Morgan fingerprint density at radius 2 is 1.70 bits per heavy atom. The molecule has 1 saturated heterocycles. The quantitative estimate of drug-likeness (QED) is 0.675. The van der Waals surface area contributed by atoms with Gasteiger partial charge in [0.15, 0.2) is 17.3 Å². The van der Waals surface area contributed by atoms with E-state index in [4.69, 9.17) is 9.47 Å². The molecule has 2 aromatic rings. The maximum atomic E-state index is 13.2. The largest absolute Gasteiger partial charge is 0.493 e. The van der Waals surface area contributed by atoms with E-state index in [0.717, 1.165) is 0 Å². The van der Waals surface area contributed by atoms with Crippen LogP contribution in [0.2, 0.25) is 0 Å². The summed E-state index contributed by atoms with van der Waals surface area (Å²) in [6.45, 7) is 1.71. The van der Waals surface area contributed by atoms with E-state index in [-0.39, 0.29) is 17.2 Å². The molecule has 1 unspecified atom stereocenters. The Labute approximate surface area is 175 Å². The third kappa shape index (κ3) is 4.31. The molecule has 160 valence electrons. The Balaban J connectivity index is 1.81. The van der Waals surface area contributed by atoms with E-state index in [1.807, 2.05) is 0 Å². The van der Waals surface area contributed by atoms with Crippen LogP contribution >= 0.6 is 0 Å². The topological polar surface area (TPSA) is 102 Å². The summed E-state index contributed by atoms with van der Waals surface area (Å²) in [7, 11) is -1.01. The summed E-state index contributed by atoms with van der Waals surface area (Å²) < 4.78 is 38.0. The van der Waals surface area contributed by atoms with Crippen molar-refractivity contribution in [3.63, 3.8) is 0 Å². The number of carbonyl (C=O) groups excluding carboxylic acids is 2. The lowest BCUT2D eigenvalue weighted by molar-refractivity contribution is -0.119. The molecule has 3 rings (SSSR count). The molecule has 30 heavy (non-hydrogen) atoms. The number of methoxy groups -OCH3 is 2. The van der Waals surface area contributed by atoms with Crippen LogP contribution in [-0.4, -0.2) is 51.2 Å². The molecule has 1 heterocycles. The summed E-state index contributed by atoms with van der Waals surface area (Å²) in [5, 5.41) is 2.74. The molecule has 2 aromatic carbocycles. The van der Waals surface area contributed by atoms with E-state index in [2.05, 4.69) is 5.32 Å². The van der Waals surface area contributed by atoms with Crippen LogP contribution in [0.5, 0.6) is 11.5 Å². The van der Waals surface area contributed by atoms with Crippen LogP contribution in [0, 0.1) is 0 Å². The number of Topliss-reactive ketones (excluding diaryl/α,β-unsaturated/α-hetero) is 1. The van der Waals surface area contributed by atoms with Gasteiger partial charge in [-0.05, 0) is 56.2 Å². The minimum Gasteiger partial charge on any atom is -0.493 e. The van der Waals surface area contributed by atoms with Crippen LogP contribution in [0.1, 0.15) is 30.1 Å². The van der Waals surface area contributed by atoms with Crippen molar-refractivity contribution >= 4 is 27.4 Å². The van der Waals surface area contributed by atoms with Gasteiger partial charge < -0.3 is 14.8 Å². The van der Waals surface area contributed by atoms with Gasteiger partial charge in [0.1, 0.15) is 6.04 Å². The number of amides is 1. The molecule has 9 heteroatoms. The highest BCUT2D eigenvalue weighted by Crippen LogP contribution is 2.33. The van der Waals surface area contributed by atoms with Crippen molar-refractivity contribution in [1.29, 1.82) is 0 Å². The SMILES string of the molecule is COc1ccc(S(=O)(=O)N2CCCC2C(=O)Nc2ccc(C(C)=O)cc2)cc1OC. The summed E-state index contributed by atoms with van der Waals surface area (Å²) in [6.07, 6.45) is 0.998. The summed E-state index contributed by atoms with van der Waals surface area (Å²) in [6, 6.07) is 10.00. The summed E-state index contributed by atoms with van der Waals surface area (Å²) in [5.74, 6) is 0.230. The average Bonchev–Trinajstić information content (AvgIpc) is 3.24. The van der Waals surface area contributed by atoms with E-state index in [1.54, 1.807) is 24.3 Å². The first-order valence-electron chi connectivity index (χ1n) is 9.43. The van der Waals surface area contributed by atoms with Crippen LogP contribution in [0.4, 0.5) is 5.69 Å². The van der Waals surface area contributed by atoms with Crippen LogP contribution < -0.4 is 14.8 Å². The third-order valence-electron chi connectivity index (χ3n) is 5.03.